The highest BCUT2D eigenvalue weighted by Crippen LogP contribution is 2.23. The molecule has 1 aliphatic carbocycles. The van der Waals surface area contributed by atoms with E-state index in [1.54, 1.807) is 19.9 Å². The second kappa shape index (κ2) is 7.41. The molecule has 0 bridgehead atoms. The third-order valence-corrected chi connectivity index (χ3v) is 3.36. The first-order chi connectivity index (χ1) is 10.1. The topological polar surface area (TPSA) is 47.6 Å². The van der Waals surface area contributed by atoms with Crippen LogP contribution in [0, 0.1) is 5.82 Å². The Balaban J connectivity index is 1.96. The van der Waals surface area contributed by atoms with Gasteiger partial charge in [-0.15, -0.1) is 0 Å². The van der Waals surface area contributed by atoms with Gasteiger partial charge in [-0.25, -0.2) is 9.18 Å². The molecule has 1 atom stereocenters. The summed E-state index contributed by atoms with van der Waals surface area (Å²) < 4.78 is 24.4. The van der Waals surface area contributed by atoms with Crippen molar-refractivity contribution in [2.24, 2.45) is 0 Å². The average molecular weight is 295 g/mol. The van der Waals surface area contributed by atoms with Crippen LogP contribution in [-0.2, 0) is 16.1 Å². The van der Waals surface area contributed by atoms with E-state index in [1.807, 2.05) is 6.07 Å². The molecule has 0 radical (unpaired) electrons. The third-order valence-electron chi connectivity index (χ3n) is 3.36. The Bertz CT molecular complexity index is 488. The van der Waals surface area contributed by atoms with E-state index in [2.05, 4.69) is 5.32 Å². The van der Waals surface area contributed by atoms with Crippen LogP contribution in [0.15, 0.2) is 18.2 Å². The number of ether oxygens (including phenoxy) is 2. The van der Waals surface area contributed by atoms with Gasteiger partial charge in [-0.1, -0.05) is 13.0 Å². The zero-order chi connectivity index (χ0) is 15.2. The molecule has 1 unspecified atom stereocenters. The SMILES string of the molecule is CCOC(=O)C(CC)Oc1ccc(CNC2CC2)cc1F. The van der Waals surface area contributed by atoms with Crippen LogP contribution in [0.5, 0.6) is 5.75 Å². The van der Waals surface area contributed by atoms with Gasteiger partial charge < -0.3 is 14.8 Å². The molecule has 1 N–H and O–H groups in total. The minimum atomic E-state index is -0.769. The predicted molar refractivity (Wildman–Crippen MR) is 77.6 cm³/mol. The van der Waals surface area contributed by atoms with Crippen molar-refractivity contribution in [3.05, 3.63) is 29.6 Å². The van der Waals surface area contributed by atoms with Gasteiger partial charge in [0.1, 0.15) is 0 Å². The molecule has 1 fully saturated rings. The normalized spacial score (nSPS) is 15.6. The molecule has 1 saturated carbocycles. The highest BCUT2D eigenvalue weighted by molar-refractivity contribution is 5.75. The van der Waals surface area contributed by atoms with Gasteiger partial charge in [0.25, 0.3) is 0 Å². The van der Waals surface area contributed by atoms with E-state index in [-0.39, 0.29) is 12.4 Å². The van der Waals surface area contributed by atoms with Crippen molar-refractivity contribution in [3.8, 4) is 5.75 Å². The standard InChI is InChI=1S/C16H22FNO3/c1-3-14(16(19)20-4-2)21-15-8-5-11(9-13(15)17)10-18-12-6-7-12/h5,8-9,12,14,18H,3-4,6-7,10H2,1-2H3. The number of halogens is 1. The van der Waals surface area contributed by atoms with Crippen LogP contribution in [0.1, 0.15) is 38.7 Å². The number of carbonyl (C=O) groups is 1. The molecule has 0 amide bonds. The van der Waals surface area contributed by atoms with E-state index < -0.39 is 17.9 Å². The molecular formula is C16H22FNO3. The lowest BCUT2D eigenvalue weighted by molar-refractivity contribution is -0.151. The molecule has 0 saturated heterocycles. The van der Waals surface area contributed by atoms with Crippen molar-refractivity contribution in [1.29, 1.82) is 0 Å². The van der Waals surface area contributed by atoms with Crippen LogP contribution in [0.25, 0.3) is 0 Å². The Hall–Kier alpha value is -1.62. The van der Waals surface area contributed by atoms with Gasteiger partial charge in [0.05, 0.1) is 6.61 Å². The summed E-state index contributed by atoms with van der Waals surface area (Å²) in [6.07, 6.45) is 2.06. The fourth-order valence-electron chi connectivity index (χ4n) is 1.99. The maximum absolute atomic E-state index is 14.0. The Labute approximate surface area is 124 Å². The highest BCUT2D eigenvalue weighted by Gasteiger charge is 2.22. The third kappa shape index (κ3) is 4.70. The van der Waals surface area contributed by atoms with E-state index in [4.69, 9.17) is 9.47 Å². The molecule has 1 aromatic carbocycles. The van der Waals surface area contributed by atoms with Crippen LogP contribution in [0.2, 0.25) is 0 Å². The molecule has 1 aromatic rings. The Morgan fingerprint density at radius 3 is 2.76 bits per heavy atom. The number of rotatable bonds is 8. The van der Waals surface area contributed by atoms with Gasteiger partial charge in [0.15, 0.2) is 17.7 Å². The summed E-state index contributed by atoms with van der Waals surface area (Å²) in [6.45, 7) is 4.46. The van der Waals surface area contributed by atoms with Crippen molar-refractivity contribution >= 4 is 5.97 Å². The van der Waals surface area contributed by atoms with Gasteiger partial charge in [0, 0.05) is 12.6 Å². The van der Waals surface area contributed by atoms with Crippen molar-refractivity contribution < 1.29 is 18.7 Å². The molecule has 0 aliphatic heterocycles. The van der Waals surface area contributed by atoms with Crippen molar-refractivity contribution in [2.75, 3.05) is 6.61 Å². The molecule has 2 rings (SSSR count). The lowest BCUT2D eigenvalue weighted by atomic mass is 10.2. The summed E-state index contributed by atoms with van der Waals surface area (Å²) in [4.78, 5) is 11.7. The zero-order valence-electron chi connectivity index (χ0n) is 12.5. The molecule has 0 spiro atoms. The molecule has 0 aromatic heterocycles. The Morgan fingerprint density at radius 1 is 1.43 bits per heavy atom. The average Bonchev–Trinajstić information content (AvgIpc) is 3.28. The summed E-state index contributed by atoms with van der Waals surface area (Å²) in [5, 5.41) is 3.32. The maximum atomic E-state index is 14.0. The number of esters is 1. The monoisotopic (exact) mass is 295 g/mol. The fraction of sp³-hybridized carbons (Fsp3) is 0.562. The van der Waals surface area contributed by atoms with Gasteiger partial charge in [0.2, 0.25) is 0 Å². The van der Waals surface area contributed by atoms with E-state index in [9.17, 15) is 9.18 Å². The number of benzene rings is 1. The van der Waals surface area contributed by atoms with E-state index >= 15 is 0 Å². The molecule has 21 heavy (non-hydrogen) atoms. The van der Waals surface area contributed by atoms with E-state index in [0.717, 1.165) is 5.56 Å². The van der Waals surface area contributed by atoms with Crippen LogP contribution >= 0.6 is 0 Å². The zero-order valence-corrected chi connectivity index (χ0v) is 12.5. The summed E-state index contributed by atoms with van der Waals surface area (Å²) in [6, 6.07) is 5.41. The Kier molecular flexibility index (Phi) is 5.56. The molecule has 116 valence electrons. The lowest BCUT2D eigenvalue weighted by Crippen LogP contribution is -2.29. The van der Waals surface area contributed by atoms with Crippen LogP contribution in [0.4, 0.5) is 4.39 Å². The first-order valence-electron chi connectivity index (χ1n) is 7.49. The van der Waals surface area contributed by atoms with Crippen LogP contribution in [-0.4, -0.2) is 24.7 Å². The Morgan fingerprint density at radius 2 is 2.19 bits per heavy atom. The number of nitrogens with one attached hydrogen (secondary N) is 1. The molecule has 1 aliphatic rings. The van der Waals surface area contributed by atoms with E-state index in [1.165, 1.54) is 18.9 Å². The van der Waals surface area contributed by atoms with Crippen molar-refractivity contribution in [3.63, 3.8) is 0 Å². The quantitative estimate of drug-likeness (QED) is 0.749. The van der Waals surface area contributed by atoms with Crippen LogP contribution in [0.3, 0.4) is 0 Å². The first-order valence-corrected chi connectivity index (χ1v) is 7.49. The van der Waals surface area contributed by atoms with Gasteiger partial charge in [-0.2, -0.15) is 0 Å². The highest BCUT2D eigenvalue weighted by atomic mass is 19.1. The summed E-state index contributed by atoms with van der Waals surface area (Å²) in [7, 11) is 0. The van der Waals surface area contributed by atoms with Crippen molar-refractivity contribution in [2.45, 2.75) is 51.8 Å². The minimum Gasteiger partial charge on any atom is -0.476 e. The lowest BCUT2D eigenvalue weighted by Gasteiger charge is -2.16. The fourth-order valence-corrected chi connectivity index (χ4v) is 1.99. The van der Waals surface area contributed by atoms with Gasteiger partial charge in [-0.3, -0.25) is 0 Å². The number of carbonyl (C=O) groups excluding carboxylic acids is 1. The van der Waals surface area contributed by atoms with E-state index in [0.29, 0.717) is 19.0 Å². The minimum absolute atomic E-state index is 0.0880. The van der Waals surface area contributed by atoms with Gasteiger partial charge in [-0.05, 0) is 43.9 Å². The van der Waals surface area contributed by atoms with Crippen LogP contribution < -0.4 is 10.1 Å². The maximum Gasteiger partial charge on any atom is 0.347 e. The second-order valence-corrected chi connectivity index (χ2v) is 5.19. The largest absolute Gasteiger partial charge is 0.476 e. The summed E-state index contributed by atoms with van der Waals surface area (Å²) in [5.41, 5.74) is 0.871. The first kappa shape index (κ1) is 15.8. The second-order valence-electron chi connectivity index (χ2n) is 5.19. The summed E-state index contributed by atoms with van der Waals surface area (Å²) >= 11 is 0. The molecular weight excluding hydrogens is 273 g/mol. The molecule has 0 heterocycles. The smallest absolute Gasteiger partial charge is 0.347 e. The molecule has 4 nitrogen and oxygen atoms in total. The molecule has 5 heteroatoms. The number of hydrogen-bond acceptors (Lipinski definition) is 4. The van der Waals surface area contributed by atoms with Gasteiger partial charge >= 0.3 is 5.97 Å². The number of hydrogen-bond donors (Lipinski definition) is 1. The van der Waals surface area contributed by atoms with Crippen molar-refractivity contribution in [1.82, 2.24) is 5.32 Å². The predicted octanol–water partition coefficient (Wildman–Crippen LogP) is 2.80. The summed E-state index contributed by atoms with van der Waals surface area (Å²) in [5.74, 6) is -0.822.